The van der Waals surface area contributed by atoms with Crippen LogP contribution in [0.3, 0.4) is 0 Å². The topological polar surface area (TPSA) is 41.1 Å². The molecule has 25 heavy (non-hydrogen) atoms. The Morgan fingerprint density at radius 1 is 1.00 bits per heavy atom. The molecule has 1 fully saturated rings. The van der Waals surface area contributed by atoms with Crippen molar-refractivity contribution < 1.29 is 0 Å². The van der Waals surface area contributed by atoms with Crippen molar-refractivity contribution in [1.29, 1.82) is 0 Å². The molecular weight excluding hydrogens is 308 g/mol. The SMILES string of the molecule is CC(C)(C)c1ncc(CNC2CCN(Cc3ccccc3)CC2)cn1. The lowest BCUT2D eigenvalue weighted by Crippen LogP contribution is -2.41. The van der Waals surface area contributed by atoms with Gasteiger partial charge in [0.25, 0.3) is 0 Å². The van der Waals surface area contributed by atoms with E-state index in [0.29, 0.717) is 6.04 Å². The predicted octanol–water partition coefficient (Wildman–Crippen LogP) is 3.53. The van der Waals surface area contributed by atoms with Crippen molar-refractivity contribution in [3.8, 4) is 0 Å². The molecular formula is C21H30N4. The fourth-order valence-electron chi connectivity index (χ4n) is 3.23. The number of hydrogen-bond acceptors (Lipinski definition) is 4. The van der Waals surface area contributed by atoms with E-state index >= 15 is 0 Å². The molecule has 4 heteroatoms. The smallest absolute Gasteiger partial charge is 0.133 e. The van der Waals surface area contributed by atoms with Gasteiger partial charge in [0, 0.05) is 42.5 Å². The first-order valence-electron chi connectivity index (χ1n) is 9.32. The predicted molar refractivity (Wildman–Crippen MR) is 102 cm³/mol. The summed E-state index contributed by atoms with van der Waals surface area (Å²) < 4.78 is 0. The highest BCUT2D eigenvalue weighted by Crippen LogP contribution is 2.17. The molecule has 3 rings (SSSR count). The normalized spacial score (nSPS) is 16.9. The summed E-state index contributed by atoms with van der Waals surface area (Å²) >= 11 is 0. The second-order valence-corrected chi connectivity index (χ2v) is 8.08. The van der Waals surface area contributed by atoms with E-state index in [1.54, 1.807) is 0 Å². The van der Waals surface area contributed by atoms with Gasteiger partial charge in [-0.1, -0.05) is 51.1 Å². The lowest BCUT2D eigenvalue weighted by atomic mass is 9.96. The van der Waals surface area contributed by atoms with E-state index in [2.05, 4.69) is 71.3 Å². The van der Waals surface area contributed by atoms with Crippen molar-refractivity contribution in [3.05, 3.63) is 59.7 Å². The zero-order valence-electron chi connectivity index (χ0n) is 15.7. The van der Waals surface area contributed by atoms with Crippen molar-refractivity contribution in [1.82, 2.24) is 20.2 Å². The zero-order valence-corrected chi connectivity index (χ0v) is 15.7. The van der Waals surface area contributed by atoms with E-state index in [9.17, 15) is 0 Å². The molecule has 0 atom stereocenters. The molecule has 1 aromatic carbocycles. The lowest BCUT2D eigenvalue weighted by Gasteiger charge is -2.32. The molecule has 0 unspecified atom stereocenters. The molecule has 0 aliphatic carbocycles. The second kappa shape index (κ2) is 8.07. The first kappa shape index (κ1) is 18.0. The standard InChI is InChI=1S/C21H30N4/c1-21(2,3)20-23-14-18(15-24-20)13-22-19-9-11-25(12-10-19)16-17-7-5-4-6-8-17/h4-8,14-15,19,22H,9-13,16H2,1-3H3. The molecule has 2 heterocycles. The molecule has 1 aromatic heterocycles. The van der Waals surface area contributed by atoms with Gasteiger partial charge in [-0.2, -0.15) is 0 Å². The van der Waals surface area contributed by atoms with E-state index in [-0.39, 0.29) is 5.41 Å². The molecule has 0 spiro atoms. The summed E-state index contributed by atoms with van der Waals surface area (Å²) in [7, 11) is 0. The summed E-state index contributed by atoms with van der Waals surface area (Å²) in [6.07, 6.45) is 6.33. The molecule has 0 saturated carbocycles. The fourth-order valence-corrected chi connectivity index (χ4v) is 3.23. The van der Waals surface area contributed by atoms with Crippen LogP contribution in [0.1, 0.15) is 50.6 Å². The van der Waals surface area contributed by atoms with Crippen LogP contribution in [-0.4, -0.2) is 34.0 Å². The van der Waals surface area contributed by atoms with Crippen molar-refractivity contribution in [2.75, 3.05) is 13.1 Å². The van der Waals surface area contributed by atoms with Crippen LogP contribution in [0.4, 0.5) is 0 Å². The summed E-state index contributed by atoms with van der Waals surface area (Å²) in [5.74, 6) is 0.908. The highest BCUT2D eigenvalue weighted by molar-refractivity contribution is 5.14. The van der Waals surface area contributed by atoms with Gasteiger partial charge >= 0.3 is 0 Å². The van der Waals surface area contributed by atoms with Crippen LogP contribution in [0.5, 0.6) is 0 Å². The maximum absolute atomic E-state index is 4.51. The first-order chi connectivity index (χ1) is 12.0. The maximum atomic E-state index is 4.51. The molecule has 134 valence electrons. The van der Waals surface area contributed by atoms with Crippen molar-refractivity contribution >= 4 is 0 Å². The molecule has 1 N–H and O–H groups in total. The number of aromatic nitrogens is 2. The van der Waals surface area contributed by atoms with E-state index < -0.39 is 0 Å². The molecule has 0 radical (unpaired) electrons. The molecule has 4 nitrogen and oxygen atoms in total. The number of likely N-dealkylation sites (tertiary alicyclic amines) is 1. The summed E-state index contributed by atoms with van der Waals surface area (Å²) in [5, 5.41) is 3.67. The molecule has 1 aliphatic heterocycles. The van der Waals surface area contributed by atoms with Gasteiger partial charge in [0.05, 0.1) is 0 Å². The lowest BCUT2D eigenvalue weighted by molar-refractivity contribution is 0.190. The number of nitrogens with zero attached hydrogens (tertiary/aromatic N) is 3. The Kier molecular flexibility index (Phi) is 5.82. The third kappa shape index (κ3) is 5.35. The molecule has 1 saturated heterocycles. The van der Waals surface area contributed by atoms with Crippen LogP contribution < -0.4 is 5.32 Å². The van der Waals surface area contributed by atoms with Gasteiger partial charge in [-0.3, -0.25) is 4.90 Å². The van der Waals surface area contributed by atoms with Crippen LogP contribution in [0.25, 0.3) is 0 Å². The van der Waals surface area contributed by atoms with Gasteiger partial charge in [0.15, 0.2) is 0 Å². The van der Waals surface area contributed by atoms with Gasteiger partial charge in [-0.05, 0) is 31.5 Å². The summed E-state index contributed by atoms with van der Waals surface area (Å²) in [5.41, 5.74) is 2.59. The molecule has 0 bridgehead atoms. The minimum absolute atomic E-state index is 0.0114. The second-order valence-electron chi connectivity index (χ2n) is 8.08. The highest BCUT2D eigenvalue weighted by Gasteiger charge is 2.19. The van der Waals surface area contributed by atoms with Gasteiger partial charge in [0.1, 0.15) is 5.82 Å². The van der Waals surface area contributed by atoms with Gasteiger partial charge in [-0.25, -0.2) is 9.97 Å². The van der Waals surface area contributed by atoms with E-state index in [1.807, 2.05) is 12.4 Å². The summed E-state index contributed by atoms with van der Waals surface area (Å²) in [6, 6.07) is 11.3. The Bertz CT molecular complexity index is 638. The largest absolute Gasteiger partial charge is 0.310 e. The Labute approximate surface area is 151 Å². The number of rotatable bonds is 5. The van der Waals surface area contributed by atoms with Crippen LogP contribution in [0, 0.1) is 0 Å². The number of benzene rings is 1. The van der Waals surface area contributed by atoms with Crippen LogP contribution >= 0.6 is 0 Å². The number of nitrogens with one attached hydrogen (secondary N) is 1. The molecule has 2 aromatic rings. The van der Waals surface area contributed by atoms with Crippen molar-refractivity contribution in [2.24, 2.45) is 0 Å². The highest BCUT2D eigenvalue weighted by atomic mass is 15.1. The third-order valence-electron chi connectivity index (χ3n) is 4.81. The van der Waals surface area contributed by atoms with Crippen LogP contribution in [-0.2, 0) is 18.5 Å². The summed E-state index contributed by atoms with van der Waals surface area (Å²) in [4.78, 5) is 11.6. The van der Waals surface area contributed by atoms with Gasteiger partial charge in [0.2, 0.25) is 0 Å². The number of piperidine rings is 1. The Balaban J connectivity index is 1.42. The Morgan fingerprint density at radius 2 is 1.64 bits per heavy atom. The van der Waals surface area contributed by atoms with Gasteiger partial charge < -0.3 is 5.32 Å². The minimum Gasteiger partial charge on any atom is -0.310 e. The summed E-state index contributed by atoms with van der Waals surface area (Å²) in [6.45, 7) is 10.7. The average molecular weight is 338 g/mol. The number of hydrogen-bond donors (Lipinski definition) is 1. The van der Waals surface area contributed by atoms with Gasteiger partial charge in [-0.15, -0.1) is 0 Å². The van der Waals surface area contributed by atoms with Crippen LogP contribution in [0.2, 0.25) is 0 Å². The minimum atomic E-state index is 0.0114. The Hall–Kier alpha value is -1.78. The average Bonchev–Trinajstić information content (AvgIpc) is 2.62. The molecule has 0 amide bonds. The first-order valence-corrected chi connectivity index (χ1v) is 9.32. The monoisotopic (exact) mass is 338 g/mol. The maximum Gasteiger partial charge on any atom is 0.133 e. The van der Waals surface area contributed by atoms with E-state index in [1.165, 1.54) is 24.0 Å². The quantitative estimate of drug-likeness (QED) is 0.905. The van der Waals surface area contributed by atoms with Crippen molar-refractivity contribution in [3.63, 3.8) is 0 Å². The molecule has 1 aliphatic rings. The third-order valence-corrected chi connectivity index (χ3v) is 4.81. The zero-order chi connectivity index (χ0) is 17.7. The van der Waals surface area contributed by atoms with Crippen LogP contribution in [0.15, 0.2) is 42.7 Å². The van der Waals surface area contributed by atoms with E-state index in [0.717, 1.165) is 32.0 Å². The fraction of sp³-hybridized carbons (Fsp3) is 0.524. The van der Waals surface area contributed by atoms with E-state index in [4.69, 9.17) is 0 Å². The Morgan fingerprint density at radius 3 is 2.24 bits per heavy atom. The van der Waals surface area contributed by atoms with Crippen molar-refractivity contribution in [2.45, 2.75) is 58.2 Å².